The van der Waals surface area contributed by atoms with Crippen LogP contribution in [0.3, 0.4) is 0 Å². The molecule has 0 aromatic heterocycles. The Morgan fingerprint density at radius 2 is 2.20 bits per heavy atom. The van der Waals surface area contributed by atoms with Crippen LogP contribution in [0.2, 0.25) is 0 Å². The number of fused-ring (bicyclic) bond motifs is 3. The van der Waals surface area contributed by atoms with Crippen molar-refractivity contribution >= 4 is 0 Å². The van der Waals surface area contributed by atoms with Crippen molar-refractivity contribution in [3.8, 4) is 0 Å². The highest BCUT2D eigenvalue weighted by atomic mass is 16.3. The zero-order valence-electron chi connectivity index (χ0n) is 9.79. The van der Waals surface area contributed by atoms with E-state index in [2.05, 4.69) is 6.58 Å². The van der Waals surface area contributed by atoms with E-state index in [-0.39, 0.29) is 17.9 Å². The molecule has 2 nitrogen and oxygen atoms in total. The Hall–Kier alpha value is -0.340. The molecule has 3 fully saturated rings. The third-order valence-electron chi connectivity index (χ3n) is 4.57. The van der Waals surface area contributed by atoms with Crippen LogP contribution in [0.1, 0.15) is 39.5 Å². The lowest BCUT2D eigenvalue weighted by Crippen LogP contribution is -2.53. The van der Waals surface area contributed by atoms with E-state index in [1.165, 1.54) is 5.57 Å². The standard InChI is InChI=1S/C13H22O2/c1-9-7-13(8-14)5-4-10(9)6-11(13)12(2,3)15/h10-11,14-15H,1,4-8H2,2-3H3/t10-,11-,13-/m0/s1. The fourth-order valence-corrected chi connectivity index (χ4v) is 3.75. The van der Waals surface area contributed by atoms with Crippen LogP contribution in [0.15, 0.2) is 12.2 Å². The van der Waals surface area contributed by atoms with E-state index in [9.17, 15) is 10.2 Å². The van der Waals surface area contributed by atoms with Crippen molar-refractivity contribution in [2.45, 2.75) is 45.1 Å². The molecule has 0 spiro atoms. The summed E-state index contributed by atoms with van der Waals surface area (Å²) in [5, 5.41) is 19.9. The highest BCUT2D eigenvalue weighted by molar-refractivity contribution is 5.18. The van der Waals surface area contributed by atoms with Crippen molar-refractivity contribution in [3.63, 3.8) is 0 Å². The molecule has 0 radical (unpaired) electrons. The van der Waals surface area contributed by atoms with Gasteiger partial charge in [0.2, 0.25) is 0 Å². The number of allylic oxidation sites excluding steroid dienone is 1. The maximum Gasteiger partial charge on any atom is 0.0626 e. The van der Waals surface area contributed by atoms with E-state index in [1.807, 2.05) is 13.8 Å². The van der Waals surface area contributed by atoms with Crippen molar-refractivity contribution in [1.29, 1.82) is 0 Å². The summed E-state index contributed by atoms with van der Waals surface area (Å²) in [5.74, 6) is 0.800. The fourth-order valence-electron chi connectivity index (χ4n) is 3.75. The molecule has 86 valence electrons. The number of aliphatic hydroxyl groups is 2. The first kappa shape index (κ1) is 11.2. The van der Waals surface area contributed by atoms with Gasteiger partial charge in [-0.1, -0.05) is 12.2 Å². The van der Waals surface area contributed by atoms with E-state index in [0.29, 0.717) is 5.92 Å². The van der Waals surface area contributed by atoms with Gasteiger partial charge in [-0.25, -0.2) is 0 Å². The molecule has 0 heterocycles. The predicted molar refractivity (Wildman–Crippen MR) is 60.4 cm³/mol. The Bertz CT molecular complexity index is 277. The minimum absolute atomic E-state index is 0.0932. The van der Waals surface area contributed by atoms with Gasteiger partial charge in [-0.15, -0.1) is 0 Å². The Kier molecular flexibility index (Phi) is 2.47. The minimum Gasteiger partial charge on any atom is -0.396 e. The van der Waals surface area contributed by atoms with E-state index in [0.717, 1.165) is 25.7 Å². The molecule has 0 amide bonds. The summed E-state index contributed by atoms with van der Waals surface area (Å²) in [6.07, 6.45) is 4.10. The number of aliphatic hydroxyl groups excluding tert-OH is 1. The highest BCUT2D eigenvalue weighted by Crippen LogP contribution is 2.58. The van der Waals surface area contributed by atoms with Crippen molar-refractivity contribution < 1.29 is 10.2 Å². The quantitative estimate of drug-likeness (QED) is 0.685. The average Bonchev–Trinajstić information content (AvgIpc) is 2.17. The van der Waals surface area contributed by atoms with Gasteiger partial charge in [-0.3, -0.25) is 0 Å². The Balaban J connectivity index is 2.31. The molecule has 2 bridgehead atoms. The van der Waals surface area contributed by atoms with Gasteiger partial charge in [0.25, 0.3) is 0 Å². The predicted octanol–water partition coefficient (Wildman–Crippen LogP) is 2.11. The van der Waals surface area contributed by atoms with Crippen LogP contribution < -0.4 is 0 Å². The summed E-state index contributed by atoms with van der Waals surface area (Å²) in [4.78, 5) is 0. The van der Waals surface area contributed by atoms with Crippen LogP contribution in [0.25, 0.3) is 0 Å². The second kappa shape index (κ2) is 3.33. The zero-order chi connectivity index (χ0) is 11.3. The van der Waals surface area contributed by atoms with Gasteiger partial charge in [0, 0.05) is 12.0 Å². The third-order valence-corrected chi connectivity index (χ3v) is 4.57. The van der Waals surface area contributed by atoms with Crippen LogP contribution >= 0.6 is 0 Å². The summed E-state index contributed by atoms with van der Waals surface area (Å²) < 4.78 is 0. The highest BCUT2D eigenvalue weighted by Gasteiger charge is 2.53. The second-order valence-electron chi connectivity index (χ2n) is 6.03. The first-order valence-electron chi connectivity index (χ1n) is 5.90. The lowest BCUT2D eigenvalue weighted by molar-refractivity contribution is -0.118. The monoisotopic (exact) mass is 210 g/mol. The van der Waals surface area contributed by atoms with E-state index in [4.69, 9.17) is 0 Å². The summed E-state index contributed by atoms with van der Waals surface area (Å²) in [6, 6.07) is 0. The van der Waals surface area contributed by atoms with Crippen molar-refractivity contribution in [1.82, 2.24) is 0 Å². The van der Waals surface area contributed by atoms with Crippen molar-refractivity contribution in [2.24, 2.45) is 17.3 Å². The second-order valence-corrected chi connectivity index (χ2v) is 6.03. The summed E-state index contributed by atoms with van der Waals surface area (Å²) in [5.41, 5.74) is 0.516. The molecule has 0 aliphatic heterocycles. The lowest BCUT2D eigenvalue weighted by Gasteiger charge is -2.56. The van der Waals surface area contributed by atoms with Gasteiger partial charge in [0.15, 0.2) is 0 Å². The molecule has 15 heavy (non-hydrogen) atoms. The summed E-state index contributed by atoms with van der Waals surface area (Å²) in [6.45, 7) is 8.05. The van der Waals surface area contributed by atoms with E-state index in [1.54, 1.807) is 0 Å². The molecule has 3 rings (SSSR count). The Morgan fingerprint density at radius 1 is 1.53 bits per heavy atom. The van der Waals surface area contributed by atoms with Gasteiger partial charge in [-0.05, 0) is 51.4 Å². The lowest BCUT2D eigenvalue weighted by atomic mass is 9.50. The minimum atomic E-state index is -0.678. The molecule has 3 aliphatic rings. The smallest absolute Gasteiger partial charge is 0.0626 e. The van der Waals surface area contributed by atoms with Crippen LogP contribution in [0.5, 0.6) is 0 Å². The molecular formula is C13H22O2. The van der Waals surface area contributed by atoms with E-state index >= 15 is 0 Å². The van der Waals surface area contributed by atoms with Crippen LogP contribution in [-0.4, -0.2) is 22.4 Å². The fraction of sp³-hybridized carbons (Fsp3) is 0.846. The summed E-state index contributed by atoms with van der Waals surface area (Å²) >= 11 is 0. The molecule has 0 aromatic carbocycles. The van der Waals surface area contributed by atoms with Crippen LogP contribution in [0, 0.1) is 17.3 Å². The molecule has 2 heteroatoms. The van der Waals surface area contributed by atoms with Gasteiger partial charge >= 0.3 is 0 Å². The third kappa shape index (κ3) is 1.64. The molecule has 3 atom stereocenters. The van der Waals surface area contributed by atoms with Crippen LogP contribution in [0.4, 0.5) is 0 Å². The molecule has 0 unspecified atom stereocenters. The number of hydrogen-bond donors (Lipinski definition) is 2. The van der Waals surface area contributed by atoms with Crippen molar-refractivity contribution in [3.05, 3.63) is 12.2 Å². The first-order valence-corrected chi connectivity index (χ1v) is 5.90. The topological polar surface area (TPSA) is 40.5 Å². The molecular weight excluding hydrogens is 188 g/mol. The maximum atomic E-state index is 10.2. The average molecular weight is 210 g/mol. The zero-order valence-corrected chi connectivity index (χ0v) is 9.79. The van der Waals surface area contributed by atoms with Gasteiger partial charge in [-0.2, -0.15) is 0 Å². The molecule has 3 aliphatic carbocycles. The molecule has 3 saturated carbocycles. The summed E-state index contributed by atoms with van der Waals surface area (Å²) in [7, 11) is 0. The largest absolute Gasteiger partial charge is 0.396 e. The Labute approximate surface area is 92.0 Å². The van der Waals surface area contributed by atoms with E-state index < -0.39 is 5.60 Å². The van der Waals surface area contributed by atoms with Crippen molar-refractivity contribution in [2.75, 3.05) is 6.61 Å². The normalized spacial score (nSPS) is 40.9. The van der Waals surface area contributed by atoms with Gasteiger partial charge in [0.05, 0.1) is 5.60 Å². The van der Waals surface area contributed by atoms with Gasteiger partial charge < -0.3 is 10.2 Å². The van der Waals surface area contributed by atoms with Gasteiger partial charge in [0.1, 0.15) is 0 Å². The molecule has 2 N–H and O–H groups in total. The SMILES string of the molecule is C=C1C[C@]2(CO)CC[C@H]1C[C@H]2C(C)(C)O. The molecule has 0 aromatic rings. The maximum absolute atomic E-state index is 10.2. The first-order chi connectivity index (χ1) is 6.89. The van der Waals surface area contributed by atoms with Crippen LogP contribution in [-0.2, 0) is 0 Å². The number of hydrogen-bond acceptors (Lipinski definition) is 2. The Morgan fingerprint density at radius 3 is 2.67 bits per heavy atom. The molecule has 0 saturated heterocycles. The number of rotatable bonds is 2.